The van der Waals surface area contributed by atoms with E-state index in [1.807, 2.05) is 18.2 Å². The molecule has 0 spiro atoms. The molecule has 0 aliphatic heterocycles. The summed E-state index contributed by atoms with van der Waals surface area (Å²) in [6.45, 7) is 3.05. The maximum absolute atomic E-state index is 11.5. The Kier molecular flexibility index (Phi) is 3.77. The topological polar surface area (TPSA) is 62.7 Å². The summed E-state index contributed by atoms with van der Waals surface area (Å²) < 4.78 is 5.36. The van der Waals surface area contributed by atoms with Gasteiger partial charge in [0, 0.05) is 6.92 Å². The Balaban J connectivity index is 2.68. The van der Waals surface area contributed by atoms with E-state index < -0.39 is 6.10 Å². The van der Waals surface area contributed by atoms with Crippen LogP contribution in [0.15, 0.2) is 30.3 Å². The van der Waals surface area contributed by atoms with E-state index in [4.69, 9.17) is 10.3 Å². The molecule has 0 aromatic heterocycles. The van der Waals surface area contributed by atoms with Gasteiger partial charge in [0.2, 0.25) is 0 Å². The summed E-state index contributed by atoms with van der Waals surface area (Å²) in [5.41, 5.74) is 8.47. The van der Waals surface area contributed by atoms with Gasteiger partial charge in [-0.3, -0.25) is 4.79 Å². The van der Waals surface area contributed by atoms with Gasteiger partial charge in [-0.25, -0.2) is 0 Å². The summed E-state index contributed by atoms with van der Waals surface area (Å²) in [6, 6.07) is 9.02. The molecule has 0 aliphatic rings. The maximum atomic E-state index is 11.5. The fourth-order valence-electron chi connectivity index (χ4n) is 1.10. The van der Waals surface area contributed by atoms with Crippen LogP contribution in [-0.2, 0) is 4.79 Å². The van der Waals surface area contributed by atoms with Crippen molar-refractivity contribution >= 4 is 11.5 Å². The summed E-state index contributed by atoms with van der Waals surface area (Å²) in [5.74, 6) is 0.283. The van der Waals surface area contributed by atoms with E-state index in [1.165, 1.54) is 6.92 Å². The SMILES string of the molecule is CC(=[N+]=[N-])C(=O)C(C)Oc1ccccc1. The standard InChI is InChI=1S/C11H12N2O2/c1-8(13-12)11(14)9(2)15-10-6-4-3-5-7-10/h3-7,9H,1-2H3. The molecule has 1 aromatic rings. The molecule has 0 aliphatic carbocycles. The van der Waals surface area contributed by atoms with Gasteiger partial charge in [-0.1, -0.05) is 18.2 Å². The molecule has 1 aromatic carbocycles. The summed E-state index contributed by atoms with van der Waals surface area (Å²) >= 11 is 0. The van der Waals surface area contributed by atoms with E-state index in [0.29, 0.717) is 5.75 Å². The predicted molar refractivity (Wildman–Crippen MR) is 55.8 cm³/mol. The number of ketones is 1. The van der Waals surface area contributed by atoms with Crippen LogP contribution in [0.25, 0.3) is 5.53 Å². The smallest absolute Gasteiger partial charge is 0.335 e. The fraction of sp³-hybridized carbons (Fsp3) is 0.273. The lowest BCUT2D eigenvalue weighted by Crippen LogP contribution is -2.29. The van der Waals surface area contributed by atoms with Crippen molar-refractivity contribution in [1.29, 1.82) is 0 Å². The molecule has 4 nitrogen and oxygen atoms in total. The fourth-order valence-corrected chi connectivity index (χ4v) is 1.10. The first kappa shape index (κ1) is 11.1. The zero-order valence-corrected chi connectivity index (χ0v) is 8.68. The minimum Gasteiger partial charge on any atom is -0.482 e. The molecule has 78 valence electrons. The Hall–Kier alpha value is -1.93. The van der Waals surface area contributed by atoms with Crippen molar-refractivity contribution in [3.63, 3.8) is 0 Å². The summed E-state index contributed by atoms with van der Waals surface area (Å²) in [4.78, 5) is 14.3. The zero-order chi connectivity index (χ0) is 11.3. The van der Waals surface area contributed by atoms with E-state index in [0.717, 1.165) is 0 Å². The van der Waals surface area contributed by atoms with Gasteiger partial charge in [0.25, 0.3) is 5.78 Å². The third-order valence-electron chi connectivity index (χ3n) is 1.93. The molecule has 0 saturated carbocycles. The first-order valence-corrected chi connectivity index (χ1v) is 4.59. The number of para-hydroxylation sites is 1. The van der Waals surface area contributed by atoms with Crippen LogP contribution >= 0.6 is 0 Å². The minimum atomic E-state index is -0.650. The second-order valence-electron chi connectivity index (χ2n) is 3.12. The van der Waals surface area contributed by atoms with Crippen LogP contribution in [0.2, 0.25) is 0 Å². The Morgan fingerprint density at radius 3 is 2.53 bits per heavy atom. The lowest BCUT2D eigenvalue weighted by atomic mass is 10.2. The number of hydrogen-bond acceptors (Lipinski definition) is 2. The van der Waals surface area contributed by atoms with E-state index in [9.17, 15) is 4.79 Å². The van der Waals surface area contributed by atoms with Crippen molar-refractivity contribution in [3.8, 4) is 5.75 Å². The molecule has 1 atom stereocenters. The third-order valence-corrected chi connectivity index (χ3v) is 1.93. The average molecular weight is 204 g/mol. The van der Waals surface area contributed by atoms with E-state index in [1.54, 1.807) is 19.1 Å². The number of ether oxygens (including phenoxy) is 1. The molecule has 0 amide bonds. The molecule has 0 N–H and O–H groups in total. The van der Waals surface area contributed by atoms with Crippen molar-refractivity contribution in [3.05, 3.63) is 35.9 Å². The summed E-state index contributed by atoms with van der Waals surface area (Å²) in [6.07, 6.45) is -0.650. The maximum Gasteiger partial charge on any atom is 0.335 e. The normalized spacial score (nSPS) is 11.3. The number of carbonyl (C=O) groups is 1. The van der Waals surface area contributed by atoms with Gasteiger partial charge in [0.15, 0.2) is 6.10 Å². The van der Waals surface area contributed by atoms with Gasteiger partial charge in [-0.05, 0) is 19.1 Å². The predicted octanol–water partition coefficient (Wildman–Crippen LogP) is 1.71. The monoisotopic (exact) mass is 204 g/mol. The van der Waals surface area contributed by atoms with Crippen LogP contribution in [0.3, 0.4) is 0 Å². The third kappa shape index (κ3) is 3.04. The van der Waals surface area contributed by atoms with Crippen molar-refractivity contribution < 1.29 is 14.3 Å². The lowest BCUT2D eigenvalue weighted by molar-refractivity contribution is -0.123. The molecule has 1 rings (SSSR count). The number of nitrogens with zero attached hydrogens (tertiary/aromatic N) is 2. The molecule has 0 fully saturated rings. The van der Waals surface area contributed by atoms with E-state index in [-0.39, 0.29) is 11.5 Å². The first-order valence-electron chi connectivity index (χ1n) is 4.59. The Morgan fingerprint density at radius 1 is 1.40 bits per heavy atom. The van der Waals surface area contributed by atoms with Crippen molar-refractivity contribution in [2.75, 3.05) is 0 Å². The second kappa shape index (κ2) is 5.08. The van der Waals surface area contributed by atoms with Crippen LogP contribution in [0.1, 0.15) is 13.8 Å². The minimum absolute atomic E-state index is 0.0402. The van der Waals surface area contributed by atoms with Crippen LogP contribution in [0, 0.1) is 0 Å². The van der Waals surface area contributed by atoms with Crippen LogP contribution in [-0.4, -0.2) is 22.4 Å². The molecule has 15 heavy (non-hydrogen) atoms. The Morgan fingerprint density at radius 2 is 2.00 bits per heavy atom. The highest BCUT2D eigenvalue weighted by Gasteiger charge is 2.23. The molecule has 0 heterocycles. The quantitative estimate of drug-likeness (QED) is 0.426. The van der Waals surface area contributed by atoms with E-state index >= 15 is 0 Å². The van der Waals surface area contributed by atoms with Crippen molar-refractivity contribution in [2.24, 2.45) is 0 Å². The van der Waals surface area contributed by atoms with Crippen LogP contribution in [0.5, 0.6) is 5.75 Å². The van der Waals surface area contributed by atoms with Gasteiger partial charge in [0.05, 0.1) is 0 Å². The van der Waals surface area contributed by atoms with Gasteiger partial charge >= 0.3 is 5.71 Å². The largest absolute Gasteiger partial charge is 0.482 e. The number of hydrogen-bond donors (Lipinski definition) is 0. The number of Topliss-reactive ketones (excluding diaryl/α,β-unsaturated/α-hetero) is 1. The van der Waals surface area contributed by atoms with Gasteiger partial charge < -0.3 is 10.3 Å². The molecule has 0 bridgehead atoms. The highest BCUT2D eigenvalue weighted by Crippen LogP contribution is 2.11. The molecular weight excluding hydrogens is 192 g/mol. The van der Waals surface area contributed by atoms with Crippen LogP contribution in [0.4, 0.5) is 0 Å². The lowest BCUT2D eigenvalue weighted by Gasteiger charge is -2.10. The highest BCUT2D eigenvalue weighted by molar-refractivity contribution is 6.38. The van der Waals surface area contributed by atoms with Crippen molar-refractivity contribution in [1.82, 2.24) is 0 Å². The second-order valence-corrected chi connectivity index (χ2v) is 3.12. The number of benzene rings is 1. The highest BCUT2D eigenvalue weighted by atomic mass is 16.5. The van der Waals surface area contributed by atoms with Crippen LogP contribution < -0.4 is 4.74 Å². The summed E-state index contributed by atoms with van der Waals surface area (Å²) in [5, 5.41) is 0. The van der Waals surface area contributed by atoms with E-state index in [2.05, 4.69) is 4.79 Å². The molecular formula is C11H12N2O2. The van der Waals surface area contributed by atoms with Gasteiger partial charge in [-0.15, -0.1) is 0 Å². The van der Waals surface area contributed by atoms with Gasteiger partial charge in [-0.2, -0.15) is 4.79 Å². The molecule has 4 heteroatoms. The molecule has 0 radical (unpaired) electrons. The Bertz CT molecular complexity index is 394. The van der Waals surface area contributed by atoms with Crippen molar-refractivity contribution in [2.45, 2.75) is 20.0 Å². The number of carbonyl (C=O) groups excluding carboxylic acids is 1. The molecule has 0 saturated heterocycles. The number of rotatable bonds is 4. The zero-order valence-electron chi connectivity index (χ0n) is 8.68. The first-order chi connectivity index (χ1) is 7.15. The molecule has 1 unspecified atom stereocenters. The average Bonchev–Trinajstić information content (AvgIpc) is 2.28. The summed E-state index contributed by atoms with van der Waals surface area (Å²) in [7, 11) is 0. The van der Waals surface area contributed by atoms with Gasteiger partial charge in [0.1, 0.15) is 5.75 Å². The Labute approximate surface area is 88.1 Å².